The fraction of sp³-hybridized carbons (Fsp3) is 0.455. The van der Waals surface area contributed by atoms with Crippen LogP contribution < -0.4 is 15.8 Å². The van der Waals surface area contributed by atoms with Crippen LogP contribution in [0.4, 0.5) is 5.69 Å². The Hall–Kier alpha value is -1.78. The Morgan fingerprint density at radius 2 is 2.38 bits per heavy atom. The van der Waals surface area contributed by atoms with E-state index in [0.717, 1.165) is 5.69 Å². The lowest BCUT2D eigenvalue weighted by Gasteiger charge is -2.13. The summed E-state index contributed by atoms with van der Waals surface area (Å²) in [4.78, 5) is 14.8. The van der Waals surface area contributed by atoms with Crippen LogP contribution in [0.3, 0.4) is 0 Å². The van der Waals surface area contributed by atoms with Gasteiger partial charge in [-0.3, -0.25) is 4.79 Å². The summed E-state index contributed by atoms with van der Waals surface area (Å²) in [7, 11) is 0. The summed E-state index contributed by atoms with van der Waals surface area (Å²) in [5.41, 5.74) is 5.94. The van der Waals surface area contributed by atoms with Gasteiger partial charge < -0.3 is 15.8 Å². The van der Waals surface area contributed by atoms with E-state index in [1.807, 2.05) is 19.9 Å². The van der Waals surface area contributed by atoms with Gasteiger partial charge in [0.05, 0.1) is 18.5 Å². The zero-order valence-corrected chi connectivity index (χ0v) is 9.56. The molecule has 1 aromatic heterocycles. The lowest BCUT2D eigenvalue weighted by molar-refractivity contribution is -0.118. The fourth-order valence-electron chi connectivity index (χ4n) is 1.34. The maximum atomic E-state index is 10.7. The minimum Gasteiger partial charge on any atom is -0.478 e. The lowest BCUT2D eigenvalue weighted by Crippen LogP contribution is -2.23. The molecule has 16 heavy (non-hydrogen) atoms. The monoisotopic (exact) mass is 223 g/mol. The van der Waals surface area contributed by atoms with Crippen LogP contribution in [0.15, 0.2) is 18.3 Å². The van der Waals surface area contributed by atoms with Crippen LogP contribution in [0.25, 0.3) is 0 Å². The molecule has 0 spiro atoms. The summed E-state index contributed by atoms with van der Waals surface area (Å²) < 4.78 is 5.22. The number of amides is 1. The van der Waals surface area contributed by atoms with Crippen molar-refractivity contribution in [3.05, 3.63) is 18.3 Å². The predicted molar refractivity (Wildman–Crippen MR) is 62.3 cm³/mol. The summed E-state index contributed by atoms with van der Waals surface area (Å²) in [6.07, 6.45) is 1.97. The smallest absolute Gasteiger partial charge is 0.219 e. The quantitative estimate of drug-likeness (QED) is 0.758. The molecule has 1 unspecified atom stereocenters. The minimum atomic E-state index is -0.320. The standard InChI is InChI=1S/C11H17N3O2/c1-3-16-11-5-4-9(7-13-11)14-8(2)6-10(12)15/h4-5,7-8,14H,3,6H2,1-2H3,(H2,12,15). The van der Waals surface area contributed by atoms with Crippen LogP contribution in [0.5, 0.6) is 5.88 Å². The van der Waals surface area contributed by atoms with Crippen LogP contribution in [0.1, 0.15) is 20.3 Å². The maximum absolute atomic E-state index is 10.7. The van der Waals surface area contributed by atoms with Crippen molar-refractivity contribution >= 4 is 11.6 Å². The molecule has 1 amide bonds. The number of rotatable bonds is 6. The van der Waals surface area contributed by atoms with Crippen molar-refractivity contribution in [3.63, 3.8) is 0 Å². The van der Waals surface area contributed by atoms with Gasteiger partial charge in [0.25, 0.3) is 0 Å². The second-order valence-corrected chi connectivity index (χ2v) is 3.53. The maximum Gasteiger partial charge on any atom is 0.219 e. The van der Waals surface area contributed by atoms with Gasteiger partial charge in [-0.25, -0.2) is 4.98 Å². The van der Waals surface area contributed by atoms with Crippen molar-refractivity contribution in [2.45, 2.75) is 26.3 Å². The van der Waals surface area contributed by atoms with Crippen molar-refractivity contribution < 1.29 is 9.53 Å². The lowest BCUT2D eigenvalue weighted by atomic mass is 10.2. The van der Waals surface area contributed by atoms with Gasteiger partial charge in [0.1, 0.15) is 0 Å². The Morgan fingerprint density at radius 1 is 1.62 bits per heavy atom. The average Bonchev–Trinajstić information content (AvgIpc) is 2.20. The van der Waals surface area contributed by atoms with E-state index in [1.165, 1.54) is 0 Å². The highest BCUT2D eigenvalue weighted by Gasteiger charge is 2.05. The van der Waals surface area contributed by atoms with Crippen LogP contribution in [0, 0.1) is 0 Å². The molecule has 1 atom stereocenters. The third-order valence-electron chi connectivity index (χ3n) is 1.95. The minimum absolute atomic E-state index is 0.00255. The topological polar surface area (TPSA) is 77.2 Å². The first-order valence-corrected chi connectivity index (χ1v) is 5.25. The van der Waals surface area contributed by atoms with E-state index >= 15 is 0 Å². The van der Waals surface area contributed by atoms with Gasteiger partial charge in [0.2, 0.25) is 11.8 Å². The highest BCUT2D eigenvalue weighted by Crippen LogP contribution is 2.13. The van der Waals surface area contributed by atoms with Gasteiger partial charge in [-0.1, -0.05) is 0 Å². The third-order valence-corrected chi connectivity index (χ3v) is 1.95. The number of primary amides is 1. The van der Waals surface area contributed by atoms with Crippen molar-refractivity contribution in [2.75, 3.05) is 11.9 Å². The Kier molecular flexibility index (Phi) is 4.57. The highest BCUT2D eigenvalue weighted by atomic mass is 16.5. The molecule has 0 aliphatic rings. The summed E-state index contributed by atoms with van der Waals surface area (Å²) in [5.74, 6) is 0.273. The third kappa shape index (κ3) is 4.16. The molecule has 0 saturated carbocycles. The number of carbonyl (C=O) groups is 1. The molecule has 0 aliphatic heterocycles. The Balaban J connectivity index is 2.51. The van der Waals surface area contributed by atoms with E-state index in [0.29, 0.717) is 18.9 Å². The molecule has 0 aromatic carbocycles. The molecule has 5 heteroatoms. The van der Waals surface area contributed by atoms with Gasteiger partial charge in [0.15, 0.2) is 0 Å². The first-order valence-electron chi connectivity index (χ1n) is 5.25. The Morgan fingerprint density at radius 3 is 2.88 bits per heavy atom. The molecule has 3 N–H and O–H groups in total. The summed E-state index contributed by atoms with van der Waals surface area (Å²) >= 11 is 0. The van der Waals surface area contributed by atoms with Crippen molar-refractivity contribution in [1.29, 1.82) is 0 Å². The van der Waals surface area contributed by atoms with Crippen LogP contribution in [-0.2, 0) is 4.79 Å². The van der Waals surface area contributed by atoms with E-state index in [9.17, 15) is 4.79 Å². The number of nitrogens with zero attached hydrogens (tertiary/aromatic N) is 1. The number of ether oxygens (including phenoxy) is 1. The summed E-state index contributed by atoms with van der Waals surface area (Å²) in [5, 5.41) is 3.12. The fourth-order valence-corrected chi connectivity index (χ4v) is 1.34. The molecule has 1 aromatic rings. The van der Waals surface area contributed by atoms with E-state index in [1.54, 1.807) is 12.3 Å². The van der Waals surface area contributed by atoms with Crippen molar-refractivity contribution in [1.82, 2.24) is 4.98 Å². The molecule has 5 nitrogen and oxygen atoms in total. The molecule has 0 radical (unpaired) electrons. The average molecular weight is 223 g/mol. The second kappa shape index (κ2) is 5.95. The van der Waals surface area contributed by atoms with Crippen LogP contribution >= 0.6 is 0 Å². The SMILES string of the molecule is CCOc1ccc(NC(C)CC(N)=O)cn1. The van der Waals surface area contributed by atoms with Gasteiger partial charge in [-0.2, -0.15) is 0 Å². The van der Waals surface area contributed by atoms with Gasteiger partial charge in [-0.15, -0.1) is 0 Å². The zero-order chi connectivity index (χ0) is 12.0. The molecule has 1 heterocycles. The number of nitrogens with one attached hydrogen (secondary N) is 1. The second-order valence-electron chi connectivity index (χ2n) is 3.53. The van der Waals surface area contributed by atoms with Crippen molar-refractivity contribution in [2.24, 2.45) is 5.73 Å². The molecule has 0 bridgehead atoms. The summed E-state index contributed by atoms with van der Waals surface area (Å²) in [6, 6.07) is 3.63. The molecular formula is C11H17N3O2. The predicted octanol–water partition coefficient (Wildman–Crippen LogP) is 1.16. The molecule has 0 aliphatic carbocycles. The van der Waals surface area contributed by atoms with Crippen LogP contribution in [-0.4, -0.2) is 23.5 Å². The first kappa shape index (κ1) is 12.3. The molecule has 0 fully saturated rings. The van der Waals surface area contributed by atoms with Crippen molar-refractivity contribution in [3.8, 4) is 5.88 Å². The number of aromatic nitrogens is 1. The number of anilines is 1. The largest absolute Gasteiger partial charge is 0.478 e. The number of hydrogen-bond acceptors (Lipinski definition) is 4. The first-order chi connectivity index (χ1) is 7.61. The van der Waals surface area contributed by atoms with E-state index in [2.05, 4.69) is 10.3 Å². The number of pyridine rings is 1. The van der Waals surface area contributed by atoms with E-state index in [4.69, 9.17) is 10.5 Å². The number of hydrogen-bond donors (Lipinski definition) is 2. The van der Waals surface area contributed by atoms with E-state index < -0.39 is 0 Å². The molecule has 0 saturated heterocycles. The normalized spacial score (nSPS) is 11.9. The highest BCUT2D eigenvalue weighted by molar-refractivity contribution is 5.74. The molecule has 88 valence electrons. The number of nitrogens with two attached hydrogens (primary N) is 1. The van der Waals surface area contributed by atoms with Gasteiger partial charge in [-0.05, 0) is 19.9 Å². The molecule has 1 rings (SSSR count). The van der Waals surface area contributed by atoms with Gasteiger partial charge in [0, 0.05) is 18.5 Å². The zero-order valence-electron chi connectivity index (χ0n) is 9.56. The molecular weight excluding hydrogens is 206 g/mol. The van der Waals surface area contributed by atoms with Crippen LogP contribution in [0.2, 0.25) is 0 Å². The Labute approximate surface area is 95.0 Å². The Bertz CT molecular complexity index is 338. The van der Waals surface area contributed by atoms with Gasteiger partial charge >= 0.3 is 0 Å². The number of carbonyl (C=O) groups excluding carboxylic acids is 1. The van der Waals surface area contributed by atoms with E-state index in [-0.39, 0.29) is 11.9 Å². The summed E-state index contributed by atoms with van der Waals surface area (Å²) in [6.45, 7) is 4.39.